The number of fused-ring (bicyclic) bond motifs is 1. The van der Waals surface area contributed by atoms with Crippen molar-refractivity contribution in [3.05, 3.63) is 63.5 Å². The molecule has 4 heteroatoms. The maximum atomic E-state index is 11.2. The van der Waals surface area contributed by atoms with Gasteiger partial charge in [0.05, 0.1) is 22.9 Å². The normalized spacial score (nSPS) is 19.4. The second-order valence-electron chi connectivity index (χ2n) is 8.78. The van der Waals surface area contributed by atoms with Crippen LogP contribution in [0.5, 0.6) is 0 Å². The zero-order chi connectivity index (χ0) is 19.9. The van der Waals surface area contributed by atoms with Crippen molar-refractivity contribution in [2.45, 2.75) is 65.6 Å². The number of aliphatic hydroxyl groups is 1. The summed E-state index contributed by atoms with van der Waals surface area (Å²) in [5.41, 5.74) is 6.13. The van der Waals surface area contributed by atoms with Crippen LogP contribution in [0.1, 0.15) is 91.4 Å². The summed E-state index contributed by atoms with van der Waals surface area (Å²) in [7, 11) is 0. The third kappa shape index (κ3) is 3.63. The van der Waals surface area contributed by atoms with E-state index < -0.39 is 6.10 Å². The largest absolute Gasteiger partial charge is 0.440 e. The topological polar surface area (TPSA) is 79.8 Å². The summed E-state index contributed by atoms with van der Waals surface area (Å²) >= 11 is 0. The SMILES string of the molecule is Cc1c(C(O)c2ccc(C#N)cc2)c(C(C)C)nc2c1[C@@H]([OH2+])CC(C)(C)C2. The smallest absolute Gasteiger partial charge is 0.182 e. The molecule has 142 valence electrons. The lowest BCUT2D eigenvalue weighted by Gasteiger charge is -2.34. The van der Waals surface area contributed by atoms with Crippen LogP contribution in [0.15, 0.2) is 24.3 Å². The highest BCUT2D eigenvalue weighted by molar-refractivity contribution is 5.48. The van der Waals surface area contributed by atoms with Crippen LogP contribution in [-0.4, -0.2) is 15.2 Å². The maximum absolute atomic E-state index is 11.2. The lowest BCUT2D eigenvalue weighted by atomic mass is 9.72. The van der Waals surface area contributed by atoms with E-state index >= 15 is 0 Å². The summed E-state index contributed by atoms with van der Waals surface area (Å²) in [5, 5.41) is 28.8. The molecule has 0 fully saturated rings. The fourth-order valence-corrected chi connectivity index (χ4v) is 4.29. The van der Waals surface area contributed by atoms with Gasteiger partial charge in [0.1, 0.15) is 6.10 Å². The molecule has 0 radical (unpaired) electrons. The summed E-state index contributed by atoms with van der Waals surface area (Å²) in [6.07, 6.45) is 0.543. The Bertz CT molecular complexity index is 892. The van der Waals surface area contributed by atoms with Crippen LogP contribution in [0.3, 0.4) is 0 Å². The Morgan fingerprint density at radius 1 is 1.26 bits per heavy atom. The van der Waals surface area contributed by atoms with Crippen molar-refractivity contribution in [3.63, 3.8) is 0 Å². The number of hydrogen-bond acceptors (Lipinski definition) is 3. The van der Waals surface area contributed by atoms with Crippen molar-refractivity contribution >= 4 is 0 Å². The highest BCUT2D eigenvalue weighted by Gasteiger charge is 2.38. The molecule has 1 aliphatic carbocycles. The molecule has 0 saturated carbocycles. The second-order valence-corrected chi connectivity index (χ2v) is 8.78. The van der Waals surface area contributed by atoms with Crippen LogP contribution in [0, 0.1) is 23.7 Å². The van der Waals surface area contributed by atoms with Gasteiger partial charge in [0.25, 0.3) is 0 Å². The van der Waals surface area contributed by atoms with Crippen LogP contribution in [0.25, 0.3) is 0 Å². The molecule has 2 aromatic rings. The summed E-state index contributed by atoms with van der Waals surface area (Å²) in [6, 6.07) is 9.16. The van der Waals surface area contributed by atoms with E-state index in [1.165, 1.54) is 0 Å². The molecule has 1 aliphatic rings. The third-order valence-corrected chi connectivity index (χ3v) is 5.58. The predicted molar refractivity (Wildman–Crippen MR) is 107 cm³/mol. The minimum Gasteiger partial charge on any atom is -0.440 e. The molecule has 2 atom stereocenters. The second kappa shape index (κ2) is 7.07. The zero-order valence-electron chi connectivity index (χ0n) is 16.8. The minimum absolute atomic E-state index is 0.0698. The van der Waals surface area contributed by atoms with Crippen molar-refractivity contribution in [3.8, 4) is 6.07 Å². The lowest BCUT2D eigenvalue weighted by Crippen LogP contribution is -2.29. The summed E-state index contributed by atoms with van der Waals surface area (Å²) in [6.45, 7) is 10.6. The standard InChI is InChI=1S/C23H28N2O2/c1-13(2)21-20(22(27)16-8-6-15(12-24)7-9-16)14(3)19-17(25-21)10-23(4,5)11-18(19)26/h6-9,13,18,22,26-27H,10-11H2,1-5H3/p+1/t18-,22?/m0/s1. The van der Waals surface area contributed by atoms with Gasteiger partial charge in [-0.3, -0.25) is 4.98 Å². The van der Waals surface area contributed by atoms with Gasteiger partial charge < -0.3 is 10.2 Å². The van der Waals surface area contributed by atoms with E-state index in [-0.39, 0.29) is 17.4 Å². The Labute approximate surface area is 161 Å². The maximum Gasteiger partial charge on any atom is 0.182 e. The quantitative estimate of drug-likeness (QED) is 0.828. The molecule has 1 aromatic carbocycles. The number of nitrogens with zero attached hydrogens (tertiary/aromatic N) is 2. The van der Waals surface area contributed by atoms with Crippen LogP contribution >= 0.6 is 0 Å². The average molecular weight is 365 g/mol. The van der Waals surface area contributed by atoms with Gasteiger partial charge in [0.2, 0.25) is 0 Å². The molecule has 0 aliphatic heterocycles. The van der Waals surface area contributed by atoms with Crippen molar-refractivity contribution in [2.24, 2.45) is 5.41 Å². The number of nitriles is 1. The van der Waals surface area contributed by atoms with E-state index in [2.05, 4.69) is 33.8 Å². The molecule has 0 amide bonds. The Morgan fingerprint density at radius 2 is 1.89 bits per heavy atom. The molecule has 0 bridgehead atoms. The van der Waals surface area contributed by atoms with Gasteiger partial charge in [-0.25, -0.2) is 0 Å². The highest BCUT2D eigenvalue weighted by atomic mass is 16.3. The van der Waals surface area contributed by atoms with Gasteiger partial charge in [-0.05, 0) is 47.9 Å². The van der Waals surface area contributed by atoms with Crippen LogP contribution in [-0.2, 0) is 6.42 Å². The van der Waals surface area contributed by atoms with Gasteiger partial charge in [0.15, 0.2) is 6.10 Å². The van der Waals surface area contributed by atoms with Gasteiger partial charge in [-0.15, -0.1) is 0 Å². The highest BCUT2D eigenvalue weighted by Crippen LogP contribution is 2.44. The summed E-state index contributed by atoms with van der Waals surface area (Å²) < 4.78 is 0. The molecule has 1 heterocycles. The first-order valence-electron chi connectivity index (χ1n) is 9.57. The summed E-state index contributed by atoms with van der Waals surface area (Å²) in [5.74, 6) is 0.172. The fourth-order valence-electron chi connectivity index (χ4n) is 4.29. The van der Waals surface area contributed by atoms with Crippen LogP contribution in [0.2, 0.25) is 0 Å². The first-order chi connectivity index (χ1) is 12.6. The molecule has 4 nitrogen and oxygen atoms in total. The van der Waals surface area contributed by atoms with E-state index in [4.69, 9.17) is 15.4 Å². The van der Waals surface area contributed by atoms with E-state index in [0.717, 1.165) is 46.5 Å². The molecule has 0 spiro atoms. The molecule has 1 aromatic heterocycles. The molecular formula is C23H29N2O2+. The van der Waals surface area contributed by atoms with Crippen molar-refractivity contribution in [2.75, 3.05) is 0 Å². The summed E-state index contributed by atoms with van der Waals surface area (Å²) in [4.78, 5) is 4.97. The molecule has 3 N–H and O–H groups in total. The number of hydrogen-bond donors (Lipinski definition) is 1. The number of benzene rings is 1. The van der Waals surface area contributed by atoms with E-state index in [1.54, 1.807) is 24.3 Å². The molecular weight excluding hydrogens is 336 g/mol. The van der Waals surface area contributed by atoms with Crippen molar-refractivity contribution < 1.29 is 10.2 Å². The Balaban J connectivity index is 2.17. The van der Waals surface area contributed by atoms with Crippen molar-refractivity contribution in [1.29, 1.82) is 5.26 Å². The van der Waals surface area contributed by atoms with E-state index in [1.807, 2.05) is 6.92 Å². The Kier molecular flexibility index (Phi) is 5.12. The Morgan fingerprint density at radius 3 is 2.44 bits per heavy atom. The van der Waals surface area contributed by atoms with Gasteiger partial charge in [0, 0.05) is 17.7 Å². The zero-order valence-corrected chi connectivity index (χ0v) is 16.8. The lowest BCUT2D eigenvalue weighted by molar-refractivity contribution is 0.0968. The molecule has 27 heavy (non-hydrogen) atoms. The van der Waals surface area contributed by atoms with Crippen LogP contribution < -0.4 is 0 Å². The van der Waals surface area contributed by atoms with E-state index in [0.29, 0.717) is 5.56 Å². The number of pyridine rings is 1. The minimum atomic E-state index is -0.810. The third-order valence-electron chi connectivity index (χ3n) is 5.58. The molecule has 1 unspecified atom stereocenters. The van der Waals surface area contributed by atoms with Gasteiger partial charge >= 0.3 is 0 Å². The molecule has 3 rings (SSSR count). The number of rotatable bonds is 3. The average Bonchev–Trinajstić information content (AvgIpc) is 2.59. The monoisotopic (exact) mass is 365 g/mol. The first kappa shape index (κ1) is 19.5. The first-order valence-corrected chi connectivity index (χ1v) is 9.57. The fraction of sp³-hybridized carbons (Fsp3) is 0.478. The van der Waals surface area contributed by atoms with Crippen LogP contribution in [0.4, 0.5) is 0 Å². The number of aliphatic hydroxyl groups excluding tert-OH is 1. The Hall–Kier alpha value is -2.22. The van der Waals surface area contributed by atoms with Gasteiger partial charge in [-0.1, -0.05) is 39.8 Å². The van der Waals surface area contributed by atoms with Gasteiger partial charge in [-0.2, -0.15) is 5.26 Å². The predicted octanol–water partition coefficient (Wildman–Crippen LogP) is 4.20. The van der Waals surface area contributed by atoms with E-state index in [9.17, 15) is 5.11 Å². The molecule has 0 saturated heterocycles. The van der Waals surface area contributed by atoms with Crippen molar-refractivity contribution in [1.82, 2.24) is 4.98 Å². The number of aromatic nitrogens is 1.